The van der Waals surface area contributed by atoms with Crippen LogP contribution in [0.2, 0.25) is 5.02 Å². The summed E-state index contributed by atoms with van der Waals surface area (Å²) in [6.45, 7) is 0.384. The van der Waals surface area contributed by atoms with E-state index in [9.17, 15) is 19.1 Å². The maximum atomic E-state index is 14.5. The van der Waals surface area contributed by atoms with Crippen molar-refractivity contribution in [1.82, 2.24) is 4.90 Å². The molecule has 0 saturated carbocycles. The number of hydrogen-bond acceptors (Lipinski definition) is 4. The number of nitrogens with zero attached hydrogens (tertiary/aromatic N) is 2. The van der Waals surface area contributed by atoms with Crippen LogP contribution in [0.3, 0.4) is 0 Å². The number of rotatable bonds is 4. The molecule has 8 heteroatoms. The molecule has 6 nitrogen and oxygen atoms in total. The van der Waals surface area contributed by atoms with Crippen LogP contribution < -0.4 is 9.64 Å². The molecule has 1 amide bonds. The molecule has 3 rings (SSSR count). The fourth-order valence-electron chi connectivity index (χ4n) is 3.38. The van der Waals surface area contributed by atoms with Gasteiger partial charge in [-0.1, -0.05) is 23.9 Å². The number of benzene rings is 1. The molecule has 2 heterocycles. The van der Waals surface area contributed by atoms with Crippen molar-refractivity contribution in [1.29, 1.82) is 0 Å². The van der Waals surface area contributed by atoms with Gasteiger partial charge < -0.3 is 9.84 Å². The smallest absolute Gasteiger partial charge is 0.342 e. The topological polar surface area (TPSA) is 70.1 Å². The number of fused-ring (bicyclic) bond motifs is 1. The zero-order valence-electron chi connectivity index (χ0n) is 13.2. The first-order valence-corrected chi connectivity index (χ1v) is 8.20. The molecule has 0 aromatic heterocycles. The van der Waals surface area contributed by atoms with Gasteiger partial charge in [-0.3, -0.25) is 14.6 Å². The number of carbonyl (C=O) groups is 2. The summed E-state index contributed by atoms with van der Waals surface area (Å²) in [5.41, 5.74) is -0.178. The largest absolute Gasteiger partial charge is 0.479 e. The summed E-state index contributed by atoms with van der Waals surface area (Å²) in [6, 6.07) is 1.66. The van der Waals surface area contributed by atoms with Gasteiger partial charge in [-0.2, -0.15) is 0 Å². The Hall–Kier alpha value is -2.30. The highest BCUT2D eigenvalue weighted by Gasteiger charge is 2.51. The van der Waals surface area contributed by atoms with E-state index in [1.54, 1.807) is 4.90 Å². The van der Waals surface area contributed by atoms with E-state index in [1.165, 1.54) is 6.07 Å². The summed E-state index contributed by atoms with van der Waals surface area (Å²) in [5.74, 6) is -0.0769. The number of carboxylic acids is 1. The molecule has 2 atom stereocenters. The Labute approximate surface area is 149 Å². The molecule has 25 heavy (non-hydrogen) atoms. The summed E-state index contributed by atoms with van der Waals surface area (Å²) < 4.78 is 19.8. The molecular formula is C17H16ClFN2O4. The Kier molecular flexibility index (Phi) is 4.84. The van der Waals surface area contributed by atoms with Gasteiger partial charge in [-0.05, 0) is 18.9 Å². The zero-order chi connectivity index (χ0) is 18.1. The second-order valence-electron chi connectivity index (χ2n) is 5.90. The van der Waals surface area contributed by atoms with Crippen molar-refractivity contribution in [3.8, 4) is 18.1 Å². The highest BCUT2D eigenvalue weighted by Crippen LogP contribution is 2.38. The number of aliphatic carboxylic acids is 1. The molecule has 1 aromatic carbocycles. The van der Waals surface area contributed by atoms with E-state index < -0.39 is 29.9 Å². The molecule has 1 aromatic rings. The van der Waals surface area contributed by atoms with Crippen LogP contribution in [0.4, 0.5) is 10.1 Å². The van der Waals surface area contributed by atoms with Gasteiger partial charge in [-0.15, -0.1) is 6.42 Å². The molecule has 2 fully saturated rings. The maximum absolute atomic E-state index is 14.5. The van der Waals surface area contributed by atoms with Gasteiger partial charge >= 0.3 is 5.97 Å². The highest BCUT2D eigenvalue weighted by molar-refractivity contribution is 6.32. The summed E-state index contributed by atoms with van der Waals surface area (Å²) >= 11 is 5.94. The van der Waals surface area contributed by atoms with Crippen LogP contribution in [-0.2, 0) is 9.59 Å². The van der Waals surface area contributed by atoms with Crippen LogP contribution in [0.1, 0.15) is 19.3 Å². The Bertz CT molecular complexity index is 764. The average molecular weight is 367 g/mol. The van der Waals surface area contributed by atoms with Gasteiger partial charge in [0.25, 0.3) is 0 Å². The van der Waals surface area contributed by atoms with Crippen LogP contribution in [0.15, 0.2) is 12.1 Å². The van der Waals surface area contributed by atoms with Crippen LogP contribution in [-0.4, -0.2) is 47.2 Å². The third kappa shape index (κ3) is 3.03. The van der Waals surface area contributed by atoms with Crippen molar-refractivity contribution in [2.75, 3.05) is 18.1 Å². The first kappa shape index (κ1) is 17.5. The van der Waals surface area contributed by atoms with Crippen LogP contribution >= 0.6 is 11.6 Å². The molecule has 1 N–H and O–H groups in total. The number of anilines is 1. The van der Waals surface area contributed by atoms with E-state index in [-0.39, 0.29) is 23.1 Å². The molecule has 2 aliphatic rings. The van der Waals surface area contributed by atoms with Gasteiger partial charge in [0.15, 0.2) is 6.17 Å². The molecule has 2 saturated heterocycles. The zero-order valence-corrected chi connectivity index (χ0v) is 14.0. The summed E-state index contributed by atoms with van der Waals surface area (Å²) in [4.78, 5) is 27.1. The Morgan fingerprint density at radius 2 is 2.24 bits per heavy atom. The highest BCUT2D eigenvalue weighted by atomic mass is 35.5. The lowest BCUT2D eigenvalue weighted by atomic mass is 10.0. The van der Waals surface area contributed by atoms with Crippen LogP contribution in [0.25, 0.3) is 0 Å². The van der Waals surface area contributed by atoms with Gasteiger partial charge in [-0.25, -0.2) is 9.18 Å². The number of halogens is 2. The van der Waals surface area contributed by atoms with E-state index in [0.717, 1.165) is 23.8 Å². The number of terminal acetylenes is 1. The lowest BCUT2D eigenvalue weighted by Crippen LogP contribution is -2.48. The number of carboxylic acid groups (broad SMARTS) is 1. The Morgan fingerprint density at radius 1 is 1.48 bits per heavy atom. The van der Waals surface area contributed by atoms with Gasteiger partial charge in [0.1, 0.15) is 18.2 Å². The van der Waals surface area contributed by atoms with E-state index in [4.69, 9.17) is 22.8 Å². The number of amides is 1. The molecule has 0 spiro atoms. The molecule has 0 radical (unpaired) electrons. The normalized spacial score (nSPS) is 23.2. The van der Waals surface area contributed by atoms with Gasteiger partial charge in [0.2, 0.25) is 5.91 Å². The number of hydrogen-bond donors (Lipinski definition) is 1. The number of carbonyl (C=O) groups excluding carboxylic acids is 1. The maximum Gasteiger partial charge on any atom is 0.342 e. The van der Waals surface area contributed by atoms with Crippen molar-refractivity contribution >= 4 is 29.2 Å². The summed E-state index contributed by atoms with van der Waals surface area (Å²) in [7, 11) is 0. The minimum atomic E-state index is -1.26. The molecule has 2 unspecified atom stereocenters. The van der Waals surface area contributed by atoms with Gasteiger partial charge in [0, 0.05) is 12.6 Å². The first-order valence-electron chi connectivity index (χ1n) is 7.82. The average Bonchev–Trinajstić information content (AvgIpc) is 2.87. The fourth-order valence-corrected chi connectivity index (χ4v) is 3.58. The van der Waals surface area contributed by atoms with Crippen molar-refractivity contribution < 1.29 is 23.8 Å². The minimum absolute atomic E-state index is 0.00672. The number of ether oxygens (including phenoxy) is 1. The Morgan fingerprint density at radius 3 is 2.92 bits per heavy atom. The van der Waals surface area contributed by atoms with E-state index in [1.807, 2.05) is 0 Å². The standard InChI is InChI=1S/C17H16ClFN2O4/c1-2-7-25-14-9-13(11(19)8-10(14)18)21-15(17(23)24)20-6-4-3-5-12(20)16(21)22/h1,8-9,12,15H,3-7H2,(H,23,24). The van der Waals surface area contributed by atoms with E-state index in [2.05, 4.69) is 5.92 Å². The predicted octanol–water partition coefficient (Wildman–Crippen LogP) is 2.10. The predicted molar refractivity (Wildman–Crippen MR) is 89.0 cm³/mol. The monoisotopic (exact) mass is 366 g/mol. The van der Waals surface area contributed by atoms with Crippen molar-refractivity contribution in [2.24, 2.45) is 0 Å². The lowest BCUT2D eigenvalue weighted by Gasteiger charge is -2.30. The van der Waals surface area contributed by atoms with Crippen LogP contribution in [0.5, 0.6) is 5.75 Å². The number of piperidine rings is 1. The van der Waals surface area contributed by atoms with Crippen molar-refractivity contribution in [3.63, 3.8) is 0 Å². The van der Waals surface area contributed by atoms with Crippen LogP contribution in [0, 0.1) is 18.2 Å². The lowest BCUT2D eigenvalue weighted by molar-refractivity contribution is -0.142. The molecule has 0 aliphatic carbocycles. The van der Waals surface area contributed by atoms with E-state index in [0.29, 0.717) is 13.0 Å². The first-order chi connectivity index (χ1) is 12.0. The van der Waals surface area contributed by atoms with Gasteiger partial charge in [0.05, 0.1) is 16.8 Å². The summed E-state index contributed by atoms with van der Waals surface area (Å²) in [6.07, 6.45) is 6.05. The quantitative estimate of drug-likeness (QED) is 0.826. The molecule has 132 valence electrons. The third-order valence-corrected chi connectivity index (χ3v) is 4.71. The van der Waals surface area contributed by atoms with E-state index >= 15 is 0 Å². The third-order valence-electron chi connectivity index (χ3n) is 4.42. The second kappa shape index (κ2) is 6.90. The molecule has 0 bridgehead atoms. The SMILES string of the molecule is C#CCOc1cc(N2C(=O)C3CCCCN3C2C(=O)O)c(F)cc1Cl. The minimum Gasteiger partial charge on any atom is -0.479 e. The van der Waals surface area contributed by atoms with Crippen molar-refractivity contribution in [3.05, 3.63) is 23.0 Å². The molecule has 2 aliphatic heterocycles. The fraction of sp³-hybridized carbons (Fsp3) is 0.412. The Balaban J connectivity index is 2.05. The summed E-state index contributed by atoms with van der Waals surface area (Å²) in [5, 5.41) is 9.61. The second-order valence-corrected chi connectivity index (χ2v) is 6.30. The van der Waals surface area contributed by atoms with Crippen molar-refractivity contribution in [2.45, 2.75) is 31.5 Å². The molecular weight excluding hydrogens is 351 g/mol.